The van der Waals surface area contributed by atoms with E-state index in [0.29, 0.717) is 11.7 Å². The molecule has 0 N–H and O–H groups in total. The van der Waals surface area contributed by atoms with Crippen molar-refractivity contribution in [3.63, 3.8) is 0 Å². The maximum absolute atomic E-state index is 11.5. The highest BCUT2D eigenvalue weighted by molar-refractivity contribution is 5.95. The minimum Gasteiger partial charge on any atom is -0.295 e. The summed E-state index contributed by atoms with van der Waals surface area (Å²) < 4.78 is 0. The third-order valence-electron chi connectivity index (χ3n) is 2.96. The van der Waals surface area contributed by atoms with Gasteiger partial charge in [0.15, 0.2) is 5.78 Å². The zero-order valence-corrected chi connectivity index (χ0v) is 8.64. The molecule has 0 heterocycles. The first kappa shape index (κ1) is 10.5. The molecule has 1 atom stereocenters. The fourth-order valence-corrected chi connectivity index (χ4v) is 2.01. The molecule has 1 fully saturated rings. The predicted molar refractivity (Wildman–Crippen MR) is 55.6 cm³/mol. The van der Waals surface area contributed by atoms with E-state index in [-0.39, 0.29) is 0 Å². The summed E-state index contributed by atoms with van der Waals surface area (Å²) in [6.45, 7) is 6.14. The second-order valence-electron chi connectivity index (χ2n) is 4.03. The van der Waals surface area contributed by atoms with E-state index in [1.807, 2.05) is 0 Å². The first-order chi connectivity index (χ1) is 6.25. The molecule has 1 rings (SSSR count). The number of rotatable bonds is 3. The molecule has 13 heavy (non-hydrogen) atoms. The fraction of sp³-hybridized carbons (Fsp3) is 0.750. The summed E-state index contributed by atoms with van der Waals surface area (Å²) in [5, 5.41) is 0. The van der Waals surface area contributed by atoms with Crippen LogP contribution in [0.15, 0.2) is 12.2 Å². The van der Waals surface area contributed by atoms with Crippen LogP contribution in [0.4, 0.5) is 0 Å². The van der Waals surface area contributed by atoms with Crippen molar-refractivity contribution in [3.8, 4) is 0 Å². The summed E-state index contributed by atoms with van der Waals surface area (Å²) in [6.07, 6.45) is 7.82. The van der Waals surface area contributed by atoms with Crippen molar-refractivity contribution in [2.24, 2.45) is 5.92 Å². The van der Waals surface area contributed by atoms with Gasteiger partial charge in [-0.25, -0.2) is 0 Å². The number of Topliss-reactive ketones (excluding diaryl/α,β-unsaturated/α-hetero) is 1. The number of ketones is 1. The normalized spacial score (nSPS) is 24.5. The average Bonchev–Trinajstić information content (AvgIpc) is 2.28. The van der Waals surface area contributed by atoms with Gasteiger partial charge in [-0.15, -0.1) is 0 Å². The molecule has 0 aliphatic heterocycles. The number of hydrogen-bond donors (Lipinski definition) is 0. The minimum absolute atomic E-state index is 0.318. The molecular formula is C12H20O. The van der Waals surface area contributed by atoms with Crippen molar-refractivity contribution in [2.45, 2.75) is 51.9 Å². The van der Waals surface area contributed by atoms with Crippen molar-refractivity contribution < 1.29 is 4.79 Å². The van der Waals surface area contributed by atoms with Crippen molar-refractivity contribution in [1.29, 1.82) is 0 Å². The summed E-state index contributed by atoms with van der Waals surface area (Å²) in [5.41, 5.74) is 0.908. The smallest absolute Gasteiger partial charge is 0.158 e. The summed E-state index contributed by atoms with van der Waals surface area (Å²) >= 11 is 0. The van der Waals surface area contributed by atoms with Crippen molar-refractivity contribution >= 4 is 5.78 Å². The summed E-state index contributed by atoms with van der Waals surface area (Å²) in [6, 6.07) is 0. The summed E-state index contributed by atoms with van der Waals surface area (Å²) in [4.78, 5) is 11.5. The van der Waals surface area contributed by atoms with Gasteiger partial charge in [-0.1, -0.05) is 32.8 Å². The number of carbonyl (C=O) groups is 1. The van der Waals surface area contributed by atoms with E-state index in [4.69, 9.17) is 0 Å². The van der Waals surface area contributed by atoms with Gasteiger partial charge in [-0.2, -0.15) is 0 Å². The number of carbonyl (C=O) groups excluding carboxylic acids is 1. The number of unbranched alkanes of at least 4 members (excludes halogenated alkanes) is 1. The lowest BCUT2D eigenvalue weighted by molar-refractivity contribution is -0.115. The van der Waals surface area contributed by atoms with E-state index in [1.165, 1.54) is 32.1 Å². The predicted octanol–water partition coefficient (Wildman–Crippen LogP) is 3.49. The molecule has 1 heteroatoms. The Bertz CT molecular complexity index is 193. The Kier molecular flexibility index (Phi) is 4.20. The van der Waals surface area contributed by atoms with Gasteiger partial charge >= 0.3 is 0 Å². The molecule has 1 nitrogen and oxygen atoms in total. The van der Waals surface area contributed by atoms with Gasteiger partial charge in [0, 0.05) is 6.42 Å². The quantitative estimate of drug-likeness (QED) is 0.480. The molecule has 0 spiro atoms. The Morgan fingerprint density at radius 1 is 1.46 bits per heavy atom. The van der Waals surface area contributed by atoms with Gasteiger partial charge in [0.2, 0.25) is 0 Å². The lowest BCUT2D eigenvalue weighted by atomic mass is 9.90. The Labute approximate surface area is 81.2 Å². The van der Waals surface area contributed by atoms with Crippen LogP contribution >= 0.6 is 0 Å². The largest absolute Gasteiger partial charge is 0.295 e. The minimum atomic E-state index is 0.318. The second-order valence-corrected chi connectivity index (χ2v) is 4.03. The van der Waals surface area contributed by atoms with Crippen molar-refractivity contribution in [1.82, 2.24) is 0 Å². The van der Waals surface area contributed by atoms with E-state index in [2.05, 4.69) is 13.5 Å². The standard InChI is InChI=1S/C12H20O/c1-3-4-7-11-8-5-6-9-12(13)10(11)2/h11H,2-9H2,1H3/t11-/m0/s1. The molecule has 0 bridgehead atoms. The van der Waals surface area contributed by atoms with Crippen molar-refractivity contribution in [2.75, 3.05) is 0 Å². The first-order valence-electron chi connectivity index (χ1n) is 5.47. The highest BCUT2D eigenvalue weighted by Gasteiger charge is 2.20. The molecular weight excluding hydrogens is 160 g/mol. The van der Waals surface area contributed by atoms with Gasteiger partial charge < -0.3 is 0 Å². The SMILES string of the molecule is C=C1C(=O)CCCC[C@@H]1CCCC. The third-order valence-corrected chi connectivity index (χ3v) is 2.96. The van der Waals surface area contributed by atoms with Crippen LogP contribution in [-0.2, 0) is 4.79 Å². The lowest BCUT2D eigenvalue weighted by Gasteiger charge is -2.14. The zero-order valence-electron chi connectivity index (χ0n) is 8.64. The molecule has 1 aliphatic carbocycles. The second kappa shape index (κ2) is 5.21. The highest BCUT2D eigenvalue weighted by Crippen LogP contribution is 2.28. The monoisotopic (exact) mass is 180 g/mol. The van der Waals surface area contributed by atoms with Crippen LogP contribution in [-0.4, -0.2) is 5.78 Å². The molecule has 1 aliphatic rings. The van der Waals surface area contributed by atoms with Crippen LogP contribution < -0.4 is 0 Å². The van der Waals surface area contributed by atoms with Crippen LogP contribution in [0, 0.1) is 5.92 Å². The van der Waals surface area contributed by atoms with Gasteiger partial charge in [0.25, 0.3) is 0 Å². The number of allylic oxidation sites excluding steroid dienone is 1. The number of hydrogen-bond acceptors (Lipinski definition) is 1. The van der Waals surface area contributed by atoms with Gasteiger partial charge in [0.05, 0.1) is 0 Å². The van der Waals surface area contributed by atoms with E-state index >= 15 is 0 Å². The molecule has 0 unspecified atom stereocenters. The molecule has 0 aromatic heterocycles. The molecule has 0 saturated heterocycles. The zero-order chi connectivity index (χ0) is 9.68. The molecule has 74 valence electrons. The van der Waals surface area contributed by atoms with Crippen LogP contribution in [0.3, 0.4) is 0 Å². The van der Waals surface area contributed by atoms with Crippen LogP contribution in [0.25, 0.3) is 0 Å². The fourth-order valence-electron chi connectivity index (χ4n) is 2.01. The van der Waals surface area contributed by atoms with Gasteiger partial charge in [0.1, 0.15) is 0 Å². The average molecular weight is 180 g/mol. The maximum atomic E-state index is 11.5. The van der Waals surface area contributed by atoms with Crippen LogP contribution in [0.2, 0.25) is 0 Å². The molecule has 0 radical (unpaired) electrons. The van der Waals surface area contributed by atoms with Gasteiger partial charge in [-0.3, -0.25) is 4.79 Å². The molecule has 0 aromatic carbocycles. The first-order valence-corrected chi connectivity index (χ1v) is 5.47. The summed E-state index contributed by atoms with van der Waals surface area (Å²) in [7, 11) is 0. The van der Waals surface area contributed by atoms with Gasteiger partial charge in [-0.05, 0) is 30.8 Å². The van der Waals surface area contributed by atoms with E-state index in [9.17, 15) is 4.79 Å². The van der Waals surface area contributed by atoms with E-state index in [1.54, 1.807) is 0 Å². The van der Waals surface area contributed by atoms with E-state index < -0.39 is 0 Å². The Morgan fingerprint density at radius 3 is 2.92 bits per heavy atom. The Hall–Kier alpha value is -0.590. The Balaban J connectivity index is 2.49. The van der Waals surface area contributed by atoms with Crippen LogP contribution in [0.5, 0.6) is 0 Å². The van der Waals surface area contributed by atoms with E-state index in [0.717, 1.165) is 18.4 Å². The third kappa shape index (κ3) is 2.98. The Morgan fingerprint density at radius 2 is 2.23 bits per heavy atom. The van der Waals surface area contributed by atoms with Crippen molar-refractivity contribution in [3.05, 3.63) is 12.2 Å². The highest BCUT2D eigenvalue weighted by atomic mass is 16.1. The maximum Gasteiger partial charge on any atom is 0.158 e. The molecule has 0 aromatic rings. The topological polar surface area (TPSA) is 17.1 Å². The van der Waals surface area contributed by atoms with Crippen LogP contribution in [0.1, 0.15) is 51.9 Å². The summed E-state index contributed by atoms with van der Waals surface area (Å²) in [5.74, 6) is 0.813. The lowest BCUT2D eigenvalue weighted by Crippen LogP contribution is -2.09. The molecule has 1 saturated carbocycles. The molecule has 0 amide bonds.